The van der Waals surface area contributed by atoms with E-state index in [1.165, 1.54) is 0 Å². The maximum atomic E-state index is 11.3. The quantitative estimate of drug-likeness (QED) is 0.547. The van der Waals surface area contributed by atoms with Crippen LogP contribution < -0.4 is 0 Å². The lowest BCUT2D eigenvalue weighted by atomic mass is 10.3. The van der Waals surface area contributed by atoms with E-state index in [9.17, 15) is 4.79 Å². The predicted molar refractivity (Wildman–Crippen MR) is 44.8 cm³/mol. The zero-order valence-electron chi connectivity index (χ0n) is 7.08. The van der Waals surface area contributed by atoms with E-state index in [-0.39, 0.29) is 5.91 Å². The standard InChI is InChI=1S/C8H14N2O/c1-7(2)10-6-5-9-4-3-8(10)11/h4,7H,3,5-6H2,1-2H3. The van der Waals surface area contributed by atoms with E-state index in [4.69, 9.17) is 0 Å². The first-order valence-electron chi connectivity index (χ1n) is 3.99. The summed E-state index contributed by atoms with van der Waals surface area (Å²) in [5.74, 6) is 0.196. The monoisotopic (exact) mass is 154 g/mol. The second-order valence-electron chi connectivity index (χ2n) is 2.97. The van der Waals surface area contributed by atoms with Crippen molar-refractivity contribution < 1.29 is 4.79 Å². The molecule has 1 aliphatic rings. The average molecular weight is 154 g/mol. The minimum absolute atomic E-state index is 0.196. The van der Waals surface area contributed by atoms with E-state index in [1.54, 1.807) is 6.21 Å². The van der Waals surface area contributed by atoms with Gasteiger partial charge in [0, 0.05) is 18.8 Å². The summed E-state index contributed by atoms with van der Waals surface area (Å²) in [5, 5.41) is 0. The first kappa shape index (κ1) is 8.24. The van der Waals surface area contributed by atoms with Crippen LogP contribution in [-0.2, 0) is 4.79 Å². The van der Waals surface area contributed by atoms with Gasteiger partial charge in [0.05, 0.1) is 13.0 Å². The summed E-state index contributed by atoms with van der Waals surface area (Å²) in [6, 6.07) is 0.309. The van der Waals surface area contributed by atoms with Gasteiger partial charge in [-0.3, -0.25) is 9.79 Å². The van der Waals surface area contributed by atoms with E-state index in [1.807, 2.05) is 18.7 Å². The van der Waals surface area contributed by atoms with Crippen molar-refractivity contribution in [3.63, 3.8) is 0 Å². The molecule has 0 aromatic carbocycles. The number of carbonyl (C=O) groups is 1. The molecule has 0 N–H and O–H groups in total. The number of rotatable bonds is 1. The van der Waals surface area contributed by atoms with Crippen LogP contribution in [0, 0.1) is 0 Å². The van der Waals surface area contributed by atoms with Crippen LogP contribution in [0.1, 0.15) is 20.3 Å². The molecule has 0 atom stereocenters. The van der Waals surface area contributed by atoms with Crippen molar-refractivity contribution in [3.05, 3.63) is 0 Å². The second-order valence-corrected chi connectivity index (χ2v) is 2.97. The third-order valence-corrected chi connectivity index (χ3v) is 1.81. The number of amides is 1. The van der Waals surface area contributed by atoms with Crippen molar-refractivity contribution in [1.29, 1.82) is 0 Å². The number of aliphatic imine (C=N–C) groups is 1. The summed E-state index contributed by atoms with van der Waals surface area (Å²) in [6.07, 6.45) is 2.18. The molecule has 0 aromatic rings. The van der Waals surface area contributed by atoms with E-state index >= 15 is 0 Å². The molecule has 0 radical (unpaired) electrons. The molecule has 1 amide bonds. The molecule has 1 heterocycles. The molecule has 0 saturated carbocycles. The maximum Gasteiger partial charge on any atom is 0.228 e. The third-order valence-electron chi connectivity index (χ3n) is 1.81. The predicted octanol–water partition coefficient (Wildman–Crippen LogP) is 0.698. The summed E-state index contributed by atoms with van der Waals surface area (Å²) in [7, 11) is 0. The molecular weight excluding hydrogens is 140 g/mol. The van der Waals surface area contributed by atoms with Crippen LogP contribution in [0.3, 0.4) is 0 Å². The van der Waals surface area contributed by atoms with Gasteiger partial charge in [-0.15, -0.1) is 0 Å². The van der Waals surface area contributed by atoms with E-state index in [0.717, 1.165) is 13.1 Å². The second kappa shape index (κ2) is 3.51. The summed E-state index contributed by atoms with van der Waals surface area (Å²) in [5.41, 5.74) is 0. The van der Waals surface area contributed by atoms with E-state index in [0.29, 0.717) is 12.5 Å². The van der Waals surface area contributed by atoms with Gasteiger partial charge < -0.3 is 4.90 Å². The van der Waals surface area contributed by atoms with Gasteiger partial charge >= 0.3 is 0 Å². The molecule has 62 valence electrons. The van der Waals surface area contributed by atoms with Crippen LogP contribution in [0.25, 0.3) is 0 Å². The van der Waals surface area contributed by atoms with Crippen molar-refractivity contribution >= 4 is 12.1 Å². The molecule has 0 spiro atoms. The fourth-order valence-electron chi connectivity index (χ4n) is 1.19. The molecule has 0 aliphatic carbocycles. The molecule has 0 unspecified atom stereocenters. The Balaban J connectivity index is 2.58. The van der Waals surface area contributed by atoms with Crippen LogP contribution in [0.2, 0.25) is 0 Å². The maximum absolute atomic E-state index is 11.3. The summed E-state index contributed by atoms with van der Waals surface area (Å²) < 4.78 is 0. The average Bonchev–Trinajstić information content (AvgIpc) is 2.13. The van der Waals surface area contributed by atoms with Crippen molar-refractivity contribution in [2.75, 3.05) is 13.1 Å². The lowest BCUT2D eigenvalue weighted by Crippen LogP contribution is -2.37. The molecule has 1 aliphatic heterocycles. The van der Waals surface area contributed by atoms with Gasteiger partial charge in [0.1, 0.15) is 0 Å². The van der Waals surface area contributed by atoms with Gasteiger partial charge in [-0.05, 0) is 13.8 Å². The highest BCUT2D eigenvalue weighted by atomic mass is 16.2. The zero-order valence-corrected chi connectivity index (χ0v) is 7.08. The summed E-state index contributed by atoms with van der Waals surface area (Å²) >= 11 is 0. The van der Waals surface area contributed by atoms with Crippen molar-refractivity contribution in [2.24, 2.45) is 4.99 Å². The summed E-state index contributed by atoms with van der Waals surface area (Å²) in [6.45, 7) is 5.59. The minimum Gasteiger partial charge on any atom is -0.338 e. The molecule has 0 saturated heterocycles. The fraction of sp³-hybridized carbons (Fsp3) is 0.750. The third kappa shape index (κ3) is 2.03. The van der Waals surface area contributed by atoms with E-state index < -0.39 is 0 Å². The van der Waals surface area contributed by atoms with Gasteiger partial charge in [-0.1, -0.05) is 0 Å². The minimum atomic E-state index is 0.196. The van der Waals surface area contributed by atoms with Crippen LogP contribution in [0.15, 0.2) is 4.99 Å². The normalized spacial score (nSPS) is 19.2. The van der Waals surface area contributed by atoms with Crippen LogP contribution in [-0.4, -0.2) is 36.2 Å². The van der Waals surface area contributed by atoms with Gasteiger partial charge in [-0.2, -0.15) is 0 Å². The highest BCUT2D eigenvalue weighted by molar-refractivity contribution is 5.90. The topological polar surface area (TPSA) is 32.7 Å². The first-order chi connectivity index (χ1) is 5.22. The van der Waals surface area contributed by atoms with Crippen molar-refractivity contribution in [2.45, 2.75) is 26.3 Å². The Bertz CT molecular complexity index is 175. The van der Waals surface area contributed by atoms with E-state index in [2.05, 4.69) is 4.99 Å². The molecular formula is C8H14N2O. The lowest BCUT2D eigenvalue weighted by molar-refractivity contribution is -0.131. The van der Waals surface area contributed by atoms with Gasteiger partial charge in [0.25, 0.3) is 0 Å². The largest absolute Gasteiger partial charge is 0.338 e. The molecule has 3 nitrogen and oxygen atoms in total. The number of hydrogen-bond donors (Lipinski definition) is 0. The number of nitrogens with zero attached hydrogens (tertiary/aromatic N) is 2. The van der Waals surface area contributed by atoms with Crippen LogP contribution in [0.4, 0.5) is 0 Å². The van der Waals surface area contributed by atoms with Crippen LogP contribution >= 0.6 is 0 Å². The Morgan fingerprint density at radius 3 is 3.00 bits per heavy atom. The highest BCUT2D eigenvalue weighted by Gasteiger charge is 2.16. The molecule has 3 heteroatoms. The van der Waals surface area contributed by atoms with Gasteiger partial charge in [-0.25, -0.2) is 0 Å². The Kier molecular flexibility index (Phi) is 2.63. The smallest absolute Gasteiger partial charge is 0.228 e. The van der Waals surface area contributed by atoms with Crippen LogP contribution in [0.5, 0.6) is 0 Å². The Morgan fingerprint density at radius 2 is 2.36 bits per heavy atom. The SMILES string of the molecule is CC(C)N1CCN=CCC1=O. The lowest BCUT2D eigenvalue weighted by Gasteiger charge is -2.24. The van der Waals surface area contributed by atoms with Gasteiger partial charge in [0.2, 0.25) is 5.91 Å². The number of hydrogen-bond acceptors (Lipinski definition) is 2. The Hall–Kier alpha value is -0.860. The first-order valence-corrected chi connectivity index (χ1v) is 3.99. The highest BCUT2D eigenvalue weighted by Crippen LogP contribution is 2.02. The number of carbonyl (C=O) groups excluding carboxylic acids is 1. The van der Waals surface area contributed by atoms with Gasteiger partial charge in [0.15, 0.2) is 0 Å². The molecule has 0 bridgehead atoms. The zero-order chi connectivity index (χ0) is 8.27. The molecule has 1 rings (SSSR count). The summed E-state index contributed by atoms with van der Waals surface area (Å²) in [4.78, 5) is 17.2. The molecule has 0 fully saturated rings. The van der Waals surface area contributed by atoms with Crippen molar-refractivity contribution in [3.8, 4) is 0 Å². The Labute approximate surface area is 67.1 Å². The molecule has 11 heavy (non-hydrogen) atoms. The molecule has 0 aromatic heterocycles. The fourth-order valence-corrected chi connectivity index (χ4v) is 1.19. The Morgan fingerprint density at radius 1 is 1.64 bits per heavy atom. The van der Waals surface area contributed by atoms with Crippen molar-refractivity contribution in [1.82, 2.24) is 4.90 Å².